The lowest BCUT2D eigenvalue weighted by Crippen LogP contribution is -2.00. The van der Waals surface area contributed by atoms with Gasteiger partial charge in [0.05, 0.1) is 10.6 Å². The van der Waals surface area contributed by atoms with Crippen molar-refractivity contribution >= 4 is 15.7 Å². The molecule has 4 rings (SSSR count). The smallest absolute Gasteiger partial charge is 0.180 e. The lowest BCUT2D eigenvalue weighted by Gasteiger charge is -2.10. The number of aryl methyl sites for hydroxylation is 1. The van der Waals surface area contributed by atoms with Crippen molar-refractivity contribution in [2.24, 2.45) is 0 Å². The van der Waals surface area contributed by atoms with E-state index in [-0.39, 0.29) is 4.90 Å². The summed E-state index contributed by atoms with van der Waals surface area (Å²) in [5.41, 5.74) is 4.60. The van der Waals surface area contributed by atoms with Crippen molar-refractivity contribution in [3.05, 3.63) is 72.7 Å². The van der Waals surface area contributed by atoms with Crippen LogP contribution in [0.3, 0.4) is 0 Å². The zero-order valence-electron chi connectivity index (χ0n) is 17.4. The molecule has 0 saturated heterocycles. The van der Waals surface area contributed by atoms with Gasteiger partial charge in [-0.15, -0.1) is 0 Å². The fourth-order valence-electron chi connectivity index (χ4n) is 3.15. The van der Waals surface area contributed by atoms with Gasteiger partial charge in [0, 0.05) is 48.6 Å². The van der Waals surface area contributed by atoms with E-state index in [1.807, 2.05) is 43.3 Å². The van der Waals surface area contributed by atoms with Gasteiger partial charge in [-0.2, -0.15) is 0 Å². The summed E-state index contributed by atoms with van der Waals surface area (Å²) in [4.78, 5) is 18.4. The van der Waals surface area contributed by atoms with Crippen molar-refractivity contribution in [2.45, 2.75) is 11.8 Å². The van der Waals surface area contributed by atoms with E-state index in [1.165, 1.54) is 6.26 Å². The minimum Gasteiger partial charge on any atom is -0.373 e. The van der Waals surface area contributed by atoms with E-state index >= 15 is 0 Å². The molecule has 31 heavy (non-hydrogen) atoms. The Morgan fingerprint density at radius 1 is 0.806 bits per heavy atom. The molecule has 3 aromatic heterocycles. The van der Waals surface area contributed by atoms with Crippen molar-refractivity contribution in [3.63, 3.8) is 0 Å². The van der Waals surface area contributed by atoms with Gasteiger partial charge in [0.2, 0.25) is 0 Å². The highest BCUT2D eigenvalue weighted by Crippen LogP contribution is 2.28. The summed E-state index contributed by atoms with van der Waals surface area (Å²) in [5, 5.41) is 3.07. The topological polar surface area (TPSA) is 97.7 Å². The number of hydrogen-bond donors (Lipinski definition) is 1. The van der Waals surface area contributed by atoms with E-state index in [1.54, 1.807) is 37.6 Å². The Labute approximate surface area is 181 Å². The standard InChI is InChI=1S/C23H21N5O2S/c1-15-6-4-9-20(26-15)23-27-21(12-22(24-2)28-23)18-10-17(13-25-14-18)16-7-5-8-19(11-16)31(3,29)30/h4-14H,1-3H3,(H,24,27,28). The van der Waals surface area contributed by atoms with Crippen LogP contribution in [0.2, 0.25) is 0 Å². The van der Waals surface area contributed by atoms with E-state index in [2.05, 4.69) is 20.3 Å². The van der Waals surface area contributed by atoms with E-state index in [9.17, 15) is 8.42 Å². The zero-order chi connectivity index (χ0) is 22.0. The molecule has 0 bridgehead atoms. The van der Waals surface area contributed by atoms with Crippen LogP contribution in [-0.4, -0.2) is 41.7 Å². The van der Waals surface area contributed by atoms with Gasteiger partial charge < -0.3 is 5.32 Å². The largest absolute Gasteiger partial charge is 0.373 e. The summed E-state index contributed by atoms with van der Waals surface area (Å²) in [7, 11) is -1.50. The molecule has 8 heteroatoms. The molecule has 3 heterocycles. The summed E-state index contributed by atoms with van der Waals surface area (Å²) in [5.74, 6) is 1.17. The molecule has 1 N–H and O–H groups in total. The molecular weight excluding hydrogens is 410 g/mol. The monoisotopic (exact) mass is 431 g/mol. The lowest BCUT2D eigenvalue weighted by atomic mass is 10.0. The zero-order valence-corrected chi connectivity index (χ0v) is 18.2. The maximum absolute atomic E-state index is 11.9. The first-order valence-corrected chi connectivity index (χ1v) is 11.5. The average Bonchev–Trinajstić information content (AvgIpc) is 2.78. The second-order valence-electron chi connectivity index (χ2n) is 7.14. The molecule has 0 unspecified atom stereocenters. The van der Waals surface area contributed by atoms with Gasteiger partial charge >= 0.3 is 0 Å². The predicted octanol–water partition coefficient (Wildman–Crippen LogP) is 4.02. The minimum atomic E-state index is -3.30. The number of pyridine rings is 2. The number of nitrogens with zero attached hydrogens (tertiary/aromatic N) is 4. The van der Waals surface area contributed by atoms with Gasteiger partial charge in [-0.05, 0) is 42.8 Å². The van der Waals surface area contributed by atoms with Crippen LogP contribution in [0.25, 0.3) is 33.9 Å². The SMILES string of the molecule is CNc1cc(-c2cncc(-c3cccc(S(C)(=O)=O)c3)c2)nc(-c2cccc(C)n2)n1. The van der Waals surface area contributed by atoms with Crippen LogP contribution in [0.4, 0.5) is 5.82 Å². The average molecular weight is 432 g/mol. The van der Waals surface area contributed by atoms with Gasteiger partial charge in [-0.1, -0.05) is 18.2 Å². The third kappa shape index (κ3) is 4.59. The summed E-state index contributed by atoms with van der Waals surface area (Å²) < 4.78 is 23.9. The number of benzene rings is 1. The molecule has 0 fully saturated rings. The van der Waals surface area contributed by atoms with E-state index in [0.717, 1.165) is 22.4 Å². The molecule has 7 nitrogen and oxygen atoms in total. The predicted molar refractivity (Wildman–Crippen MR) is 121 cm³/mol. The van der Waals surface area contributed by atoms with Crippen LogP contribution in [0.1, 0.15) is 5.69 Å². The number of sulfone groups is 1. The Morgan fingerprint density at radius 3 is 2.32 bits per heavy atom. The minimum absolute atomic E-state index is 0.266. The van der Waals surface area contributed by atoms with Crippen LogP contribution < -0.4 is 5.32 Å². The molecule has 0 atom stereocenters. The van der Waals surface area contributed by atoms with Crippen molar-refractivity contribution in [2.75, 3.05) is 18.6 Å². The van der Waals surface area contributed by atoms with E-state index < -0.39 is 9.84 Å². The van der Waals surface area contributed by atoms with Crippen molar-refractivity contribution in [3.8, 4) is 33.9 Å². The van der Waals surface area contributed by atoms with E-state index in [0.29, 0.717) is 23.0 Å². The van der Waals surface area contributed by atoms with Crippen LogP contribution in [0.5, 0.6) is 0 Å². The summed E-state index contributed by atoms with van der Waals surface area (Å²) in [6.07, 6.45) is 4.62. The highest BCUT2D eigenvalue weighted by molar-refractivity contribution is 7.90. The molecule has 0 amide bonds. The molecule has 0 spiro atoms. The quantitative estimate of drug-likeness (QED) is 0.510. The highest BCUT2D eigenvalue weighted by Gasteiger charge is 2.12. The Balaban J connectivity index is 1.80. The first-order valence-electron chi connectivity index (χ1n) is 9.60. The maximum Gasteiger partial charge on any atom is 0.180 e. The van der Waals surface area contributed by atoms with Gasteiger partial charge in [0.1, 0.15) is 11.5 Å². The van der Waals surface area contributed by atoms with Crippen molar-refractivity contribution in [1.29, 1.82) is 0 Å². The molecule has 0 aliphatic carbocycles. The third-order valence-electron chi connectivity index (χ3n) is 4.73. The highest BCUT2D eigenvalue weighted by atomic mass is 32.2. The van der Waals surface area contributed by atoms with E-state index in [4.69, 9.17) is 4.98 Å². The first kappa shape index (κ1) is 20.6. The van der Waals surface area contributed by atoms with Gasteiger partial charge in [-0.25, -0.2) is 23.4 Å². The Morgan fingerprint density at radius 2 is 1.58 bits per heavy atom. The normalized spacial score (nSPS) is 11.3. The molecule has 0 saturated carbocycles. The van der Waals surface area contributed by atoms with Gasteiger partial charge in [0.25, 0.3) is 0 Å². The Hall–Kier alpha value is -3.65. The molecular formula is C23H21N5O2S. The van der Waals surface area contributed by atoms with Crippen LogP contribution >= 0.6 is 0 Å². The van der Waals surface area contributed by atoms with Crippen LogP contribution in [-0.2, 0) is 9.84 Å². The third-order valence-corrected chi connectivity index (χ3v) is 5.84. The molecule has 156 valence electrons. The van der Waals surface area contributed by atoms with Gasteiger partial charge in [0.15, 0.2) is 15.7 Å². The molecule has 0 aliphatic heterocycles. The number of anilines is 1. The second kappa shape index (κ2) is 8.23. The second-order valence-corrected chi connectivity index (χ2v) is 9.15. The molecule has 0 aliphatic rings. The summed E-state index contributed by atoms with van der Waals surface area (Å²) in [6.45, 7) is 1.92. The number of hydrogen-bond acceptors (Lipinski definition) is 7. The Bertz CT molecular complexity index is 1370. The summed E-state index contributed by atoms with van der Waals surface area (Å²) >= 11 is 0. The summed E-state index contributed by atoms with van der Waals surface area (Å²) in [6, 6.07) is 16.3. The lowest BCUT2D eigenvalue weighted by molar-refractivity contribution is 0.602. The van der Waals surface area contributed by atoms with Gasteiger partial charge in [-0.3, -0.25) is 4.98 Å². The van der Waals surface area contributed by atoms with Crippen molar-refractivity contribution in [1.82, 2.24) is 19.9 Å². The number of aromatic nitrogens is 4. The number of rotatable bonds is 5. The molecule has 0 radical (unpaired) electrons. The Kier molecular flexibility index (Phi) is 5.48. The fourth-order valence-corrected chi connectivity index (χ4v) is 3.82. The maximum atomic E-state index is 11.9. The van der Waals surface area contributed by atoms with Crippen LogP contribution in [0, 0.1) is 6.92 Å². The van der Waals surface area contributed by atoms with Crippen molar-refractivity contribution < 1.29 is 8.42 Å². The van der Waals surface area contributed by atoms with Crippen LogP contribution in [0.15, 0.2) is 71.9 Å². The molecule has 4 aromatic rings. The fraction of sp³-hybridized carbons (Fsp3) is 0.130. The number of nitrogens with one attached hydrogen (secondary N) is 1. The molecule has 1 aromatic carbocycles. The first-order chi connectivity index (χ1) is 14.8.